The van der Waals surface area contributed by atoms with Crippen LogP contribution in [0.4, 0.5) is 39.0 Å². The number of fused-ring (bicyclic) bond motifs is 1. The van der Waals surface area contributed by atoms with Crippen LogP contribution in [0.25, 0.3) is 0 Å². The Kier molecular flexibility index (Phi) is 13.1. The largest absolute Gasteiger partial charge is 0.490 e. The van der Waals surface area contributed by atoms with E-state index >= 15 is 0 Å². The van der Waals surface area contributed by atoms with E-state index in [0.29, 0.717) is 30.1 Å². The topological polar surface area (TPSA) is 85.4 Å². The Morgan fingerprint density at radius 2 is 1.55 bits per heavy atom. The number of para-hydroxylation sites is 1. The lowest BCUT2D eigenvalue weighted by Gasteiger charge is -2.30. The van der Waals surface area contributed by atoms with Gasteiger partial charge in [0.15, 0.2) is 5.75 Å². The van der Waals surface area contributed by atoms with Gasteiger partial charge in [-0.1, -0.05) is 37.3 Å². The van der Waals surface area contributed by atoms with Crippen LogP contribution in [0.5, 0.6) is 5.75 Å². The van der Waals surface area contributed by atoms with E-state index in [1.165, 1.54) is 29.8 Å². The third-order valence-electron chi connectivity index (χ3n) is 7.92. The second-order valence-corrected chi connectivity index (χ2v) is 12.6. The van der Waals surface area contributed by atoms with Crippen LogP contribution in [-0.2, 0) is 23.9 Å². The van der Waals surface area contributed by atoms with Crippen LogP contribution in [0.1, 0.15) is 34.0 Å². The van der Waals surface area contributed by atoms with Crippen molar-refractivity contribution in [2.75, 3.05) is 57.7 Å². The predicted octanol–water partition coefficient (Wildman–Crippen LogP) is 7.14. The molecule has 0 saturated heterocycles. The van der Waals surface area contributed by atoms with Gasteiger partial charge in [-0.2, -0.15) is 13.2 Å². The lowest BCUT2D eigenvalue weighted by Crippen LogP contribution is -2.40. The van der Waals surface area contributed by atoms with Gasteiger partial charge < -0.3 is 29.9 Å². The molecule has 51 heavy (non-hydrogen) atoms. The summed E-state index contributed by atoms with van der Waals surface area (Å²) in [6, 6.07) is 20.6. The summed E-state index contributed by atoms with van der Waals surface area (Å²) in [4.78, 5) is 30.8. The number of carbonyl (C=O) groups excluding carboxylic acids is 2. The quantitative estimate of drug-likeness (QED) is 0.180. The number of β-amino-alcohol motifs (C(OH)–C–C–N with tert-alkyl or cyclic N) is 1. The summed E-state index contributed by atoms with van der Waals surface area (Å²) in [5.74, 6) is -1.66. The summed E-state index contributed by atoms with van der Waals surface area (Å²) in [5, 5.41) is 12.0. The Morgan fingerprint density at radius 3 is 2.14 bits per heavy atom. The third-order valence-corrected chi connectivity index (χ3v) is 7.92. The van der Waals surface area contributed by atoms with Crippen molar-refractivity contribution in [3.63, 3.8) is 0 Å². The number of benzene rings is 4. The number of ether oxygens (including phenoxy) is 1. The van der Waals surface area contributed by atoms with Crippen LogP contribution in [0.15, 0.2) is 84.9 Å². The number of nitrogens with zero attached hydrogens (tertiary/aromatic N) is 3. The Hall–Kier alpha value is -5.01. The molecule has 0 fully saturated rings. The van der Waals surface area contributed by atoms with Gasteiger partial charge in [-0.15, -0.1) is 0 Å². The summed E-state index contributed by atoms with van der Waals surface area (Å²) >= 11 is 0. The van der Waals surface area contributed by atoms with Gasteiger partial charge in [0.2, 0.25) is 5.91 Å². The van der Waals surface area contributed by atoms with Crippen LogP contribution in [0.3, 0.4) is 0 Å². The number of hydrogen-bond donors (Lipinski definition) is 2. The molecule has 0 bridgehead atoms. The van der Waals surface area contributed by atoms with Crippen LogP contribution >= 0.6 is 0 Å². The van der Waals surface area contributed by atoms with Gasteiger partial charge in [-0.3, -0.25) is 9.59 Å². The summed E-state index contributed by atoms with van der Waals surface area (Å²) < 4.78 is 70.4. The smallest absolute Gasteiger partial charge is 0.416 e. The second kappa shape index (κ2) is 17.3. The van der Waals surface area contributed by atoms with Gasteiger partial charge in [0.1, 0.15) is 11.6 Å². The molecular formula is C38H41F5N4O4. The minimum atomic E-state index is -4.44. The number of alkyl halides is 3. The number of hydrogen-bond acceptors (Lipinski definition) is 6. The first-order valence-electron chi connectivity index (χ1n) is 16.2. The maximum absolute atomic E-state index is 13.2. The van der Waals surface area contributed by atoms with E-state index in [-0.39, 0.29) is 42.7 Å². The second-order valence-electron chi connectivity index (χ2n) is 12.6. The molecule has 1 heterocycles. The van der Waals surface area contributed by atoms with Gasteiger partial charge >= 0.3 is 6.18 Å². The van der Waals surface area contributed by atoms with E-state index in [9.17, 15) is 36.6 Å². The van der Waals surface area contributed by atoms with Crippen molar-refractivity contribution in [2.24, 2.45) is 5.92 Å². The molecule has 0 radical (unpaired) electrons. The highest BCUT2D eigenvalue weighted by molar-refractivity contribution is 6.01. The standard InChI is InChI=1S/C22H23F3N2O4.C16H18F2N2/c1-14-12-27(9-10-28)21(30)17-3-2-4-18(20(17)31-13-14)26-19(29)11-15-5-7-16(8-6-15)22(23,24)25;1-19(2)11-12-4-6-15(7-5-12)20(3)16-9-13(17)8-14(18)10-16/h2-8,14,28H,9-13H2,1H3,(H,26,29);4-10H,11H2,1-3H3/t14-;/m1./s1. The highest BCUT2D eigenvalue weighted by atomic mass is 19.4. The Morgan fingerprint density at radius 1 is 0.922 bits per heavy atom. The minimum Gasteiger partial charge on any atom is -0.490 e. The molecule has 0 unspecified atom stereocenters. The Balaban J connectivity index is 0.000000251. The molecule has 0 aliphatic carbocycles. The number of nitrogens with one attached hydrogen (secondary N) is 1. The fraction of sp³-hybridized carbons (Fsp3) is 0.316. The number of halogens is 5. The van der Waals surface area contributed by atoms with Crippen molar-refractivity contribution >= 4 is 28.9 Å². The van der Waals surface area contributed by atoms with Crippen LogP contribution in [0, 0.1) is 17.6 Å². The molecular weight excluding hydrogens is 671 g/mol. The zero-order valence-electron chi connectivity index (χ0n) is 28.8. The average molecular weight is 713 g/mol. The van der Waals surface area contributed by atoms with Crippen molar-refractivity contribution in [1.82, 2.24) is 9.80 Å². The van der Waals surface area contributed by atoms with E-state index in [1.54, 1.807) is 35.0 Å². The minimum absolute atomic E-state index is 0.0135. The third kappa shape index (κ3) is 11.0. The first-order valence-corrected chi connectivity index (χ1v) is 16.2. The molecule has 272 valence electrons. The molecule has 0 spiro atoms. The molecule has 8 nitrogen and oxygen atoms in total. The molecule has 5 rings (SSSR count). The average Bonchev–Trinajstić information content (AvgIpc) is 3.06. The van der Waals surface area contributed by atoms with Crippen LogP contribution < -0.4 is 15.0 Å². The molecule has 4 aromatic rings. The van der Waals surface area contributed by atoms with Crippen molar-refractivity contribution in [3.8, 4) is 5.75 Å². The zero-order valence-corrected chi connectivity index (χ0v) is 28.8. The SMILES string of the molecule is CN(C)Cc1ccc(N(C)c2cc(F)cc(F)c2)cc1.C[C@H]1COc2c(NC(=O)Cc3ccc(C(F)(F)F)cc3)cccc2C(=O)N(CCO)C1. The maximum Gasteiger partial charge on any atom is 0.416 e. The van der Waals surface area contributed by atoms with Crippen LogP contribution in [0.2, 0.25) is 0 Å². The first-order chi connectivity index (χ1) is 24.1. The molecule has 2 amide bonds. The summed E-state index contributed by atoms with van der Waals surface area (Å²) in [6.45, 7) is 3.54. The molecule has 1 atom stereocenters. The van der Waals surface area contributed by atoms with Crippen molar-refractivity contribution < 1.29 is 41.4 Å². The van der Waals surface area contributed by atoms with E-state index in [4.69, 9.17) is 4.74 Å². The Labute approximate surface area is 294 Å². The van der Waals surface area contributed by atoms with Gasteiger partial charge in [0.25, 0.3) is 5.91 Å². The number of carbonyl (C=O) groups is 2. The van der Waals surface area contributed by atoms with Gasteiger partial charge in [0, 0.05) is 50.0 Å². The van der Waals surface area contributed by atoms with Crippen LogP contribution in [-0.4, -0.2) is 74.2 Å². The lowest BCUT2D eigenvalue weighted by molar-refractivity contribution is -0.137. The van der Waals surface area contributed by atoms with Crippen molar-refractivity contribution in [1.29, 1.82) is 0 Å². The fourth-order valence-electron chi connectivity index (χ4n) is 5.44. The Bertz CT molecular complexity index is 1760. The predicted molar refractivity (Wildman–Crippen MR) is 186 cm³/mol. The lowest BCUT2D eigenvalue weighted by atomic mass is 10.1. The van der Waals surface area contributed by atoms with Gasteiger partial charge in [-0.25, -0.2) is 8.78 Å². The molecule has 1 aliphatic heterocycles. The highest BCUT2D eigenvalue weighted by Gasteiger charge is 2.30. The zero-order chi connectivity index (χ0) is 37.3. The molecule has 13 heteroatoms. The van der Waals surface area contributed by atoms with E-state index in [1.807, 2.05) is 45.3 Å². The fourth-order valence-corrected chi connectivity index (χ4v) is 5.44. The molecule has 2 N–H and O–H groups in total. The molecule has 1 aliphatic rings. The summed E-state index contributed by atoms with van der Waals surface area (Å²) in [5.41, 5.74) is 2.78. The van der Waals surface area contributed by atoms with Crippen molar-refractivity contribution in [2.45, 2.75) is 26.1 Å². The molecule has 0 saturated carbocycles. The summed E-state index contributed by atoms with van der Waals surface area (Å²) in [7, 11) is 5.81. The van der Waals surface area contributed by atoms with E-state index in [2.05, 4.69) is 10.2 Å². The normalized spacial score (nSPS) is 14.5. The summed E-state index contributed by atoms with van der Waals surface area (Å²) in [6.07, 6.45) is -4.57. The number of rotatable bonds is 9. The maximum atomic E-state index is 13.2. The molecule has 4 aromatic carbocycles. The highest BCUT2D eigenvalue weighted by Crippen LogP contribution is 2.33. The number of amides is 2. The number of aliphatic hydroxyl groups is 1. The van der Waals surface area contributed by atoms with E-state index < -0.39 is 29.3 Å². The molecule has 0 aromatic heterocycles. The van der Waals surface area contributed by atoms with E-state index in [0.717, 1.165) is 30.4 Å². The van der Waals surface area contributed by atoms with Gasteiger partial charge in [-0.05, 0) is 73.8 Å². The number of anilines is 3. The van der Waals surface area contributed by atoms with Gasteiger partial charge in [0.05, 0.1) is 36.4 Å². The first kappa shape index (κ1) is 38.8. The van der Waals surface area contributed by atoms with Crippen molar-refractivity contribution in [3.05, 3.63) is 119 Å². The number of aliphatic hydroxyl groups excluding tert-OH is 1. The monoisotopic (exact) mass is 712 g/mol.